The highest BCUT2D eigenvalue weighted by Gasteiger charge is 2.11. The van der Waals surface area contributed by atoms with Crippen LogP contribution in [0.4, 0.5) is 0 Å². The number of esters is 1. The third-order valence-electron chi connectivity index (χ3n) is 3.61. The normalized spacial score (nSPS) is 11.9. The van der Waals surface area contributed by atoms with E-state index in [0.29, 0.717) is 16.7 Å². The van der Waals surface area contributed by atoms with Gasteiger partial charge in [0.05, 0.1) is 17.3 Å². The molecule has 1 aromatic heterocycles. The number of ether oxygens (including phenoxy) is 1. The molecule has 1 unspecified atom stereocenters. The zero-order valence-electron chi connectivity index (χ0n) is 13.8. The van der Waals surface area contributed by atoms with E-state index < -0.39 is 5.97 Å². The number of carbonyl (C=O) groups is 2. The second-order valence-corrected chi connectivity index (χ2v) is 5.57. The molecule has 7 heteroatoms. The van der Waals surface area contributed by atoms with Crippen LogP contribution in [0.1, 0.15) is 32.5 Å². The van der Waals surface area contributed by atoms with Gasteiger partial charge in [-0.1, -0.05) is 19.1 Å². The van der Waals surface area contributed by atoms with Crippen LogP contribution in [0.15, 0.2) is 29.1 Å². The molecule has 1 aromatic carbocycles. The lowest BCUT2D eigenvalue weighted by molar-refractivity contribution is -0.148. The number of H-pyrrole nitrogens is 1. The van der Waals surface area contributed by atoms with Gasteiger partial charge in [0.2, 0.25) is 0 Å². The summed E-state index contributed by atoms with van der Waals surface area (Å²) in [5.74, 6) is -0.417. The fraction of sp³-hybridized carbons (Fsp3) is 0.412. The van der Waals surface area contributed by atoms with Crippen molar-refractivity contribution in [2.75, 3.05) is 6.61 Å². The summed E-state index contributed by atoms with van der Waals surface area (Å²) < 4.78 is 4.92. The Hall–Kier alpha value is -2.70. The van der Waals surface area contributed by atoms with E-state index in [1.54, 1.807) is 24.3 Å². The summed E-state index contributed by atoms with van der Waals surface area (Å²) in [4.78, 5) is 42.1. The highest BCUT2D eigenvalue weighted by Crippen LogP contribution is 2.06. The molecule has 0 fully saturated rings. The molecule has 0 aliphatic carbocycles. The number of carbonyl (C=O) groups excluding carboxylic acids is 2. The summed E-state index contributed by atoms with van der Waals surface area (Å²) in [5.41, 5.74) is 0.342. The minimum atomic E-state index is -0.509. The van der Waals surface area contributed by atoms with Crippen LogP contribution in [0.3, 0.4) is 0 Å². The lowest BCUT2D eigenvalue weighted by Crippen LogP contribution is -2.35. The molecule has 24 heavy (non-hydrogen) atoms. The number of aromatic amines is 1. The highest BCUT2D eigenvalue weighted by molar-refractivity contribution is 5.80. The monoisotopic (exact) mass is 331 g/mol. The number of aromatic nitrogens is 2. The molecule has 0 saturated carbocycles. The Kier molecular flexibility index (Phi) is 6.06. The Morgan fingerprint density at radius 3 is 2.83 bits per heavy atom. The van der Waals surface area contributed by atoms with Gasteiger partial charge in [-0.15, -0.1) is 0 Å². The van der Waals surface area contributed by atoms with E-state index in [0.717, 1.165) is 6.42 Å². The van der Waals surface area contributed by atoms with Gasteiger partial charge in [-0.2, -0.15) is 0 Å². The average Bonchev–Trinajstić information content (AvgIpc) is 2.58. The molecule has 0 saturated heterocycles. The van der Waals surface area contributed by atoms with Crippen molar-refractivity contribution in [2.45, 2.75) is 39.2 Å². The third-order valence-corrected chi connectivity index (χ3v) is 3.61. The van der Waals surface area contributed by atoms with Crippen molar-refractivity contribution in [3.05, 3.63) is 40.4 Å². The molecule has 0 bridgehead atoms. The van der Waals surface area contributed by atoms with Crippen LogP contribution in [0.25, 0.3) is 10.9 Å². The lowest BCUT2D eigenvalue weighted by atomic mass is 10.2. The van der Waals surface area contributed by atoms with E-state index in [4.69, 9.17) is 4.74 Å². The summed E-state index contributed by atoms with van der Waals surface area (Å²) in [7, 11) is 0. The SMILES string of the molecule is CCC(C)NC(=O)COC(=O)CCc1nc2ccccc2c(=O)[nH]1. The first kappa shape index (κ1) is 17.7. The van der Waals surface area contributed by atoms with Crippen LogP contribution < -0.4 is 10.9 Å². The van der Waals surface area contributed by atoms with Gasteiger partial charge in [-0.25, -0.2) is 4.98 Å². The number of rotatable bonds is 7. The first-order valence-corrected chi connectivity index (χ1v) is 7.92. The molecule has 0 aliphatic heterocycles. The number of hydrogen-bond acceptors (Lipinski definition) is 5. The van der Waals surface area contributed by atoms with Crippen molar-refractivity contribution in [2.24, 2.45) is 0 Å². The van der Waals surface area contributed by atoms with Gasteiger partial charge in [-0.3, -0.25) is 14.4 Å². The molecule has 1 atom stereocenters. The van der Waals surface area contributed by atoms with Gasteiger partial charge < -0.3 is 15.0 Å². The molecule has 7 nitrogen and oxygen atoms in total. The largest absolute Gasteiger partial charge is 0.456 e. The smallest absolute Gasteiger partial charge is 0.306 e. The highest BCUT2D eigenvalue weighted by atomic mass is 16.5. The second kappa shape index (κ2) is 8.24. The van der Waals surface area contributed by atoms with E-state index >= 15 is 0 Å². The number of amides is 1. The summed E-state index contributed by atoms with van der Waals surface area (Å²) in [5, 5.41) is 3.22. The zero-order chi connectivity index (χ0) is 17.5. The van der Waals surface area contributed by atoms with Crippen LogP contribution in [-0.2, 0) is 20.7 Å². The summed E-state index contributed by atoms with van der Waals surface area (Å²) in [6, 6.07) is 7.03. The molecule has 0 aliphatic rings. The second-order valence-electron chi connectivity index (χ2n) is 5.57. The molecule has 0 radical (unpaired) electrons. The summed E-state index contributed by atoms with van der Waals surface area (Å²) >= 11 is 0. The lowest BCUT2D eigenvalue weighted by Gasteiger charge is -2.11. The number of hydrogen-bond donors (Lipinski definition) is 2. The van der Waals surface area contributed by atoms with E-state index in [9.17, 15) is 14.4 Å². The molecule has 2 N–H and O–H groups in total. The van der Waals surface area contributed by atoms with Crippen molar-refractivity contribution < 1.29 is 14.3 Å². The van der Waals surface area contributed by atoms with Gasteiger partial charge in [0.25, 0.3) is 11.5 Å². The van der Waals surface area contributed by atoms with Crippen LogP contribution in [0, 0.1) is 0 Å². The van der Waals surface area contributed by atoms with Crippen molar-refractivity contribution in [3.63, 3.8) is 0 Å². The van der Waals surface area contributed by atoms with Gasteiger partial charge in [0.1, 0.15) is 5.82 Å². The average molecular weight is 331 g/mol. The fourth-order valence-electron chi connectivity index (χ4n) is 2.11. The number of para-hydroxylation sites is 1. The first-order chi connectivity index (χ1) is 11.5. The Labute approximate surface area is 139 Å². The third kappa shape index (κ3) is 4.91. The minimum Gasteiger partial charge on any atom is -0.456 e. The Bertz CT molecular complexity index is 785. The summed E-state index contributed by atoms with van der Waals surface area (Å²) in [6.45, 7) is 3.53. The van der Waals surface area contributed by atoms with Gasteiger partial charge >= 0.3 is 5.97 Å². The number of nitrogens with zero attached hydrogens (tertiary/aromatic N) is 1. The van der Waals surface area contributed by atoms with Crippen LogP contribution in [0.2, 0.25) is 0 Å². The molecule has 0 spiro atoms. The van der Waals surface area contributed by atoms with Crippen molar-refractivity contribution in [3.8, 4) is 0 Å². The standard InChI is InChI=1S/C17H21N3O4/c1-3-11(2)18-15(21)10-24-16(22)9-8-14-19-13-7-5-4-6-12(13)17(23)20-14/h4-7,11H,3,8-10H2,1-2H3,(H,18,21)(H,19,20,23). The molecule has 1 amide bonds. The van der Waals surface area contributed by atoms with Crippen molar-refractivity contribution in [1.29, 1.82) is 0 Å². The zero-order valence-corrected chi connectivity index (χ0v) is 13.8. The van der Waals surface area contributed by atoms with Gasteiger partial charge in [-0.05, 0) is 25.5 Å². The fourth-order valence-corrected chi connectivity index (χ4v) is 2.11. The predicted molar refractivity (Wildman–Crippen MR) is 89.5 cm³/mol. The van der Waals surface area contributed by atoms with Gasteiger partial charge in [0, 0.05) is 12.5 Å². The quantitative estimate of drug-likeness (QED) is 0.745. The van der Waals surface area contributed by atoms with E-state index in [1.807, 2.05) is 13.8 Å². The molecule has 128 valence electrons. The maximum absolute atomic E-state index is 11.9. The summed E-state index contributed by atoms with van der Waals surface area (Å²) in [6.07, 6.45) is 1.09. The van der Waals surface area contributed by atoms with Crippen molar-refractivity contribution in [1.82, 2.24) is 15.3 Å². The van der Waals surface area contributed by atoms with Crippen LogP contribution in [-0.4, -0.2) is 34.5 Å². The topological polar surface area (TPSA) is 101 Å². The van der Waals surface area contributed by atoms with Gasteiger partial charge in [0.15, 0.2) is 6.61 Å². The predicted octanol–water partition coefficient (Wildman–Crippen LogP) is 1.31. The number of nitrogens with one attached hydrogen (secondary N) is 2. The van der Waals surface area contributed by atoms with E-state index in [2.05, 4.69) is 15.3 Å². The molecule has 1 heterocycles. The maximum Gasteiger partial charge on any atom is 0.306 e. The number of benzene rings is 1. The molecule has 2 aromatic rings. The van der Waals surface area contributed by atoms with Crippen LogP contribution >= 0.6 is 0 Å². The van der Waals surface area contributed by atoms with Crippen molar-refractivity contribution >= 4 is 22.8 Å². The molecule has 2 rings (SSSR count). The molecular weight excluding hydrogens is 310 g/mol. The maximum atomic E-state index is 11.9. The van der Waals surface area contributed by atoms with E-state index in [1.165, 1.54) is 0 Å². The number of fused-ring (bicyclic) bond motifs is 1. The van der Waals surface area contributed by atoms with E-state index in [-0.39, 0.29) is 37.0 Å². The first-order valence-electron chi connectivity index (χ1n) is 7.92. The Balaban J connectivity index is 1.86. The molecular formula is C17H21N3O4. The number of aryl methyl sites for hydroxylation is 1. The Morgan fingerprint density at radius 1 is 1.33 bits per heavy atom. The Morgan fingerprint density at radius 2 is 2.08 bits per heavy atom. The van der Waals surface area contributed by atoms with Crippen LogP contribution in [0.5, 0.6) is 0 Å². The minimum absolute atomic E-state index is 0.0396.